The minimum absolute atomic E-state index is 0.0479. The maximum absolute atomic E-state index is 11.9. The molecule has 0 saturated heterocycles. The molecule has 0 spiro atoms. The average molecular weight is 274 g/mol. The van der Waals surface area contributed by atoms with Gasteiger partial charge in [-0.2, -0.15) is 0 Å². The highest BCUT2D eigenvalue weighted by Crippen LogP contribution is 2.28. The zero-order valence-electron chi connectivity index (χ0n) is 11.9. The standard InChI is InChI=1S/C14H18N4O2/c1-8-6-11(13-9(2)17-20-14(13)15-8)18(3)7-12(19)16-10-4-5-10/h6,10H,4-5,7H2,1-3H3,(H,16,19). The summed E-state index contributed by atoms with van der Waals surface area (Å²) >= 11 is 0. The largest absolute Gasteiger partial charge is 0.365 e. The van der Waals surface area contributed by atoms with Gasteiger partial charge in [0.1, 0.15) is 0 Å². The number of amides is 1. The lowest BCUT2D eigenvalue weighted by Crippen LogP contribution is -2.36. The number of hydrogen-bond acceptors (Lipinski definition) is 5. The molecule has 1 aliphatic carbocycles. The Labute approximate surface area is 117 Å². The molecule has 0 atom stereocenters. The number of hydrogen-bond donors (Lipinski definition) is 1. The van der Waals surface area contributed by atoms with Gasteiger partial charge in [0.2, 0.25) is 5.91 Å². The third kappa shape index (κ3) is 2.45. The summed E-state index contributed by atoms with van der Waals surface area (Å²) in [6.45, 7) is 4.10. The van der Waals surface area contributed by atoms with Gasteiger partial charge in [-0.15, -0.1) is 0 Å². The molecule has 2 aromatic heterocycles. The summed E-state index contributed by atoms with van der Waals surface area (Å²) in [6.07, 6.45) is 2.19. The third-order valence-corrected chi connectivity index (χ3v) is 3.46. The first kappa shape index (κ1) is 12.9. The average Bonchev–Trinajstić information content (AvgIpc) is 3.11. The highest BCUT2D eigenvalue weighted by Gasteiger charge is 2.24. The molecule has 1 aliphatic rings. The van der Waals surface area contributed by atoms with Crippen LogP contribution in [0.3, 0.4) is 0 Å². The molecule has 6 heteroatoms. The van der Waals surface area contributed by atoms with E-state index >= 15 is 0 Å². The summed E-state index contributed by atoms with van der Waals surface area (Å²) in [5.41, 5.74) is 3.08. The van der Waals surface area contributed by atoms with Crippen LogP contribution in [0.1, 0.15) is 24.2 Å². The fourth-order valence-electron chi connectivity index (χ4n) is 2.29. The van der Waals surface area contributed by atoms with Gasteiger partial charge < -0.3 is 14.7 Å². The Morgan fingerprint density at radius 3 is 2.95 bits per heavy atom. The molecular formula is C14H18N4O2. The van der Waals surface area contributed by atoms with E-state index in [4.69, 9.17) is 4.52 Å². The van der Waals surface area contributed by atoms with Crippen molar-refractivity contribution >= 4 is 22.7 Å². The number of carbonyl (C=O) groups excluding carboxylic acids is 1. The van der Waals surface area contributed by atoms with Crippen LogP contribution in [0.25, 0.3) is 11.1 Å². The van der Waals surface area contributed by atoms with E-state index in [0.717, 1.165) is 35.3 Å². The fraction of sp³-hybridized carbons (Fsp3) is 0.500. The zero-order chi connectivity index (χ0) is 14.3. The van der Waals surface area contributed by atoms with Gasteiger partial charge in [-0.05, 0) is 32.8 Å². The number of aromatic nitrogens is 2. The molecule has 1 N–H and O–H groups in total. The molecule has 0 unspecified atom stereocenters. The van der Waals surface area contributed by atoms with E-state index in [1.54, 1.807) is 0 Å². The molecule has 6 nitrogen and oxygen atoms in total. The molecule has 2 heterocycles. The van der Waals surface area contributed by atoms with Crippen LogP contribution in [0.2, 0.25) is 0 Å². The molecule has 0 bridgehead atoms. The van der Waals surface area contributed by atoms with Crippen LogP contribution < -0.4 is 10.2 Å². The van der Waals surface area contributed by atoms with Gasteiger partial charge >= 0.3 is 0 Å². The number of fused-ring (bicyclic) bond motifs is 1. The van der Waals surface area contributed by atoms with E-state index in [0.29, 0.717) is 18.3 Å². The summed E-state index contributed by atoms with van der Waals surface area (Å²) in [5, 5.41) is 7.82. The first-order valence-corrected chi connectivity index (χ1v) is 6.78. The van der Waals surface area contributed by atoms with Crippen molar-refractivity contribution in [1.29, 1.82) is 0 Å². The Kier molecular flexibility index (Phi) is 3.08. The molecule has 0 aliphatic heterocycles. The number of pyridine rings is 1. The van der Waals surface area contributed by atoms with Gasteiger partial charge in [0.25, 0.3) is 5.71 Å². The minimum atomic E-state index is 0.0479. The van der Waals surface area contributed by atoms with Gasteiger partial charge in [-0.25, -0.2) is 4.98 Å². The summed E-state index contributed by atoms with van der Waals surface area (Å²) in [4.78, 5) is 18.2. The molecule has 20 heavy (non-hydrogen) atoms. The molecule has 1 saturated carbocycles. The minimum Gasteiger partial charge on any atom is -0.365 e. The van der Waals surface area contributed by atoms with Crippen molar-refractivity contribution in [3.8, 4) is 0 Å². The summed E-state index contributed by atoms with van der Waals surface area (Å²) in [7, 11) is 1.90. The highest BCUT2D eigenvalue weighted by atomic mass is 16.5. The maximum Gasteiger partial charge on any atom is 0.260 e. The number of nitrogens with zero attached hydrogens (tertiary/aromatic N) is 3. The molecule has 3 rings (SSSR count). The molecular weight excluding hydrogens is 256 g/mol. The van der Waals surface area contributed by atoms with Gasteiger partial charge in [-0.1, -0.05) is 5.16 Å². The number of carbonyl (C=O) groups is 1. The first-order valence-electron chi connectivity index (χ1n) is 6.78. The van der Waals surface area contributed by atoms with Crippen molar-refractivity contribution in [3.63, 3.8) is 0 Å². The summed E-state index contributed by atoms with van der Waals surface area (Å²) in [6, 6.07) is 2.34. The number of likely N-dealkylation sites (N-methyl/N-ethyl adjacent to an activating group) is 1. The fourth-order valence-corrected chi connectivity index (χ4v) is 2.29. The van der Waals surface area contributed by atoms with E-state index in [9.17, 15) is 4.79 Å². The van der Waals surface area contributed by atoms with E-state index in [1.165, 1.54) is 0 Å². The number of nitrogens with one attached hydrogen (secondary N) is 1. The Morgan fingerprint density at radius 1 is 1.50 bits per heavy atom. The molecule has 106 valence electrons. The van der Waals surface area contributed by atoms with Gasteiger partial charge in [-0.3, -0.25) is 4.79 Å². The third-order valence-electron chi connectivity index (χ3n) is 3.46. The SMILES string of the molecule is Cc1cc(N(C)CC(=O)NC2CC2)c2c(C)noc2n1. The molecule has 0 aromatic carbocycles. The Hall–Kier alpha value is -2.11. The Morgan fingerprint density at radius 2 is 2.25 bits per heavy atom. The normalized spacial score (nSPS) is 14.6. The van der Waals surface area contributed by atoms with Crippen molar-refractivity contribution in [3.05, 3.63) is 17.5 Å². The second-order valence-corrected chi connectivity index (χ2v) is 5.43. The van der Waals surface area contributed by atoms with Gasteiger partial charge in [0.15, 0.2) is 0 Å². The lowest BCUT2D eigenvalue weighted by molar-refractivity contribution is -0.119. The monoisotopic (exact) mass is 274 g/mol. The summed E-state index contributed by atoms with van der Waals surface area (Å²) < 4.78 is 5.21. The maximum atomic E-state index is 11.9. The van der Waals surface area contributed by atoms with Crippen molar-refractivity contribution in [2.24, 2.45) is 0 Å². The molecule has 1 fully saturated rings. The van der Waals surface area contributed by atoms with Gasteiger partial charge in [0.05, 0.1) is 23.3 Å². The topological polar surface area (TPSA) is 71.3 Å². The number of rotatable bonds is 4. The van der Waals surface area contributed by atoms with E-state index in [-0.39, 0.29) is 5.91 Å². The number of aryl methyl sites for hydroxylation is 2. The Bertz CT molecular complexity index is 660. The predicted octanol–water partition coefficient (Wildman–Crippen LogP) is 1.55. The van der Waals surface area contributed by atoms with Crippen molar-refractivity contribution in [2.75, 3.05) is 18.5 Å². The van der Waals surface area contributed by atoms with Crippen LogP contribution >= 0.6 is 0 Å². The van der Waals surface area contributed by atoms with Crippen molar-refractivity contribution in [2.45, 2.75) is 32.7 Å². The van der Waals surface area contributed by atoms with Crippen LogP contribution in [0, 0.1) is 13.8 Å². The van der Waals surface area contributed by atoms with Crippen molar-refractivity contribution < 1.29 is 9.32 Å². The summed E-state index contributed by atoms with van der Waals surface area (Å²) in [5.74, 6) is 0.0479. The zero-order valence-corrected chi connectivity index (χ0v) is 11.9. The van der Waals surface area contributed by atoms with Crippen LogP contribution in [0.4, 0.5) is 5.69 Å². The second kappa shape index (κ2) is 4.77. The number of anilines is 1. The lowest BCUT2D eigenvalue weighted by Gasteiger charge is -2.19. The quantitative estimate of drug-likeness (QED) is 0.916. The first-order chi connectivity index (χ1) is 9.54. The second-order valence-electron chi connectivity index (χ2n) is 5.43. The lowest BCUT2D eigenvalue weighted by atomic mass is 10.2. The van der Waals surface area contributed by atoms with E-state index < -0.39 is 0 Å². The van der Waals surface area contributed by atoms with Crippen LogP contribution in [-0.4, -0.2) is 35.7 Å². The van der Waals surface area contributed by atoms with Gasteiger partial charge in [0, 0.05) is 18.8 Å². The van der Waals surface area contributed by atoms with Crippen LogP contribution in [0.15, 0.2) is 10.6 Å². The molecule has 0 radical (unpaired) electrons. The smallest absolute Gasteiger partial charge is 0.260 e. The molecule has 1 amide bonds. The van der Waals surface area contributed by atoms with Crippen LogP contribution in [-0.2, 0) is 4.79 Å². The Balaban J connectivity index is 1.87. The van der Waals surface area contributed by atoms with Crippen molar-refractivity contribution in [1.82, 2.24) is 15.5 Å². The molecule has 2 aromatic rings. The predicted molar refractivity (Wildman–Crippen MR) is 75.7 cm³/mol. The highest BCUT2D eigenvalue weighted by molar-refractivity contribution is 5.93. The van der Waals surface area contributed by atoms with E-state index in [2.05, 4.69) is 15.5 Å². The van der Waals surface area contributed by atoms with E-state index in [1.807, 2.05) is 31.9 Å². The van der Waals surface area contributed by atoms with Crippen LogP contribution in [0.5, 0.6) is 0 Å².